The average molecular weight is 359 g/mol. The van der Waals surface area contributed by atoms with Gasteiger partial charge in [0.1, 0.15) is 11.5 Å². The summed E-state index contributed by atoms with van der Waals surface area (Å²) in [5.41, 5.74) is 2.65. The molecule has 1 unspecified atom stereocenters. The lowest BCUT2D eigenvalue weighted by molar-refractivity contribution is -0.127. The molecule has 0 aliphatic rings. The van der Waals surface area contributed by atoms with Crippen molar-refractivity contribution in [1.82, 2.24) is 5.32 Å². The molecule has 1 amide bonds. The first-order valence-electron chi connectivity index (χ1n) is 8.31. The summed E-state index contributed by atoms with van der Waals surface area (Å²) in [6, 6.07) is 15.6. The van der Waals surface area contributed by atoms with Gasteiger partial charge in [-0.25, -0.2) is 0 Å². The molecule has 5 heteroatoms. The van der Waals surface area contributed by atoms with Gasteiger partial charge in [0.15, 0.2) is 6.10 Å². The Morgan fingerprint density at radius 2 is 1.92 bits per heavy atom. The average Bonchev–Trinajstić information content (AvgIpc) is 2.62. The molecule has 0 saturated carbocycles. The fourth-order valence-electron chi connectivity index (χ4n) is 2.28. The van der Waals surface area contributed by atoms with Crippen LogP contribution in [0, 0.1) is 6.92 Å². The number of benzene rings is 2. The molecular weight excluding hydrogens is 334 g/mol. The van der Waals surface area contributed by atoms with Crippen molar-refractivity contribution in [3.63, 3.8) is 0 Å². The Labute approximate surface area is 153 Å². The summed E-state index contributed by atoms with van der Waals surface area (Å²) < 4.78 is 10.8. The molecule has 2 aromatic rings. The smallest absolute Gasteiger partial charge is 0.260 e. The van der Waals surface area contributed by atoms with E-state index in [0.717, 1.165) is 11.5 Å². The van der Waals surface area contributed by atoms with E-state index in [1.165, 1.54) is 11.1 Å². The van der Waals surface area contributed by atoms with Crippen LogP contribution < -0.4 is 14.8 Å². The first-order valence-corrected chi connectivity index (χ1v) is 9.46. The number of thioether (sulfide) groups is 1. The topological polar surface area (TPSA) is 47.6 Å². The number of aryl methyl sites for hydroxylation is 1. The third-order valence-electron chi connectivity index (χ3n) is 3.79. The molecule has 0 aromatic heterocycles. The molecule has 0 spiro atoms. The molecule has 1 N–H and O–H groups in total. The third-order valence-corrected chi connectivity index (χ3v) is 4.80. The monoisotopic (exact) mass is 359 g/mol. The predicted molar refractivity (Wildman–Crippen MR) is 103 cm³/mol. The van der Waals surface area contributed by atoms with Crippen LogP contribution in [0.5, 0.6) is 11.5 Å². The van der Waals surface area contributed by atoms with E-state index in [4.69, 9.17) is 9.47 Å². The molecule has 0 saturated heterocycles. The van der Waals surface area contributed by atoms with Crippen molar-refractivity contribution >= 4 is 17.7 Å². The fraction of sp³-hybridized carbons (Fsp3) is 0.350. The Kier molecular flexibility index (Phi) is 7.67. The van der Waals surface area contributed by atoms with Crippen LogP contribution >= 0.6 is 11.8 Å². The third kappa shape index (κ3) is 6.35. The van der Waals surface area contributed by atoms with Gasteiger partial charge in [0.25, 0.3) is 5.91 Å². The Balaban J connectivity index is 1.68. The minimum absolute atomic E-state index is 0.112. The maximum atomic E-state index is 12.1. The van der Waals surface area contributed by atoms with Crippen molar-refractivity contribution in [1.29, 1.82) is 0 Å². The number of rotatable bonds is 9. The number of methoxy groups -OCH3 is 1. The van der Waals surface area contributed by atoms with E-state index < -0.39 is 6.10 Å². The largest absolute Gasteiger partial charge is 0.497 e. The summed E-state index contributed by atoms with van der Waals surface area (Å²) in [4.78, 5) is 12.1. The van der Waals surface area contributed by atoms with E-state index in [1.54, 1.807) is 20.1 Å². The van der Waals surface area contributed by atoms with Gasteiger partial charge in [0.2, 0.25) is 0 Å². The zero-order valence-corrected chi connectivity index (χ0v) is 15.8. The van der Waals surface area contributed by atoms with Gasteiger partial charge in [-0.3, -0.25) is 4.79 Å². The Morgan fingerprint density at radius 1 is 1.16 bits per heavy atom. The SMILES string of the molecule is COc1cccc(OC(C)C(=O)NCCSCc2ccccc2C)c1. The molecule has 2 aromatic carbocycles. The van der Waals surface area contributed by atoms with Gasteiger partial charge >= 0.3 is 0 Å². The van der Waals surface area contributed by atoms with E-state index >= 15 is 0 Å². The number of carbonyl (C=O) groups is 1. The Hall–Kier alpha value is -2.14. The number of amides is 1. The number of hydrogen-bond acceptors (Lipinski definition) is 4. The highest BCUT2D eigenvalue weighted by molar-refractivity contribution is 7.98. The number of ether oxygens (including phenoxy) is 2. The molecule has 0 aliphatic carbocycles. The van der Waals surface area contributed by atoms with Crippen molar-refractivity contribution < 1.29 is 14.3 Å². The molecule has 4 nitrogen and oxygen atoms in total. The second-order valence-corrected chi connectivity index (χ2v) is 6.81. The predicted octanol–water partition coefficient (Wildman–Crippen LogP) is 3.82. The molecule has 0 radical (unpaired) electrons. The van der Waals surface area contributed by atoms with Gasteiger partial charge in [-0.1, -0.05) is 30.3 Å². The summed E-state index contributed by atoms with van der Waals surface area (Å²) >= 11 is 1.81. The van der Waals surface area contributed by atoms with Crippen LogP contribution in [0.4, 0.5) is 0 Å². The lowest BCUT2D eigenvalue weighted by atomic mass is 10.1. The fourth-order valence-corrected chi connectivity index (χ4v) is 3.21. The maximum absolute atomic E-state index is 12.1. The molecule has 0 bridgehead atoms. The lowest BCUT2D eigenvalue weighted by Crippen LogP contribution is -2.37. The zero-order valence-electron chi connectivity index (χ0n) is 15.0. The van der Waals surface area contributed by atoms with Crippen molar-refractivity contribution in [2.45, 2.75) is 25.7 Å². The Morgan fingerprint density at radius 3 is 2.68 bits per heavy atom. The van der Waals surface area contributed by atoms with Gasteiger partial charge in [-0.15, -0.1) is 0 Å². The second-order valence-electron chi connectivity index (χ2n) is 5.71. The minimum atomic E-state index is -0.548. The summed E-state index contributed by atoms with van der Waals surface area (Å²) in [7, 11) is 1.60. The molecule has 25 heavy (non-hydrogen) atoms. The van der Waals surface area contributed by atoms with Crippen LogP contribution in [0.1, 0.15) is 18.1 Å². The van der Waals surface area contributed by atoms with Gasteiger partial charge in [-0.2, -0.15) is 11.8 Å². The molecule has 134 valence electrons. The summed E-state index contributed by atoms with van der Waals surface area (Å²) in [5, 5.41) is 2.92. The van der Waals surface area contributed by atoms with Gasteiger partial charge < -0.3 is 14.8 Å². The molecule has 2 rings (SSSR count). The highest BCUT2D eigenvalue weighted by atomic mass is 32.2. The van der Waals surface area contributed by atoms with Gasteiger partial charge in [0.05, 0.1) is 7.11 Å². The number of carbonyl (C=O) groups excluding carboxylic acids is 1. The normalized spacial score (nSPS) is 11.6. The quantitative estimate of drug-likeness (QED) is 0.692. The number of hydrogen-bond donors (Lipinski definition) is 1. The first-order chi connectivity index (χ1) is 12.1. The van der Waals surface area contributed by atoms with Crippen LogP contribution in [-0.2, 0) is 10.5 Å². The van der Waals surface area contributed by atoms with E-state index in [1.807, 2.05) is 36.0 Å². The van der Waals surface area contributed by atoms with Gasteiger partial charge in [-0.05, 0) is 37.1 Å². The van der Waals surface area contributed by atoms with Crippen LogP contribution in [-0.4, -0.2) is 31.4 Å². The minimum Gasteiger partial charge on any atom is -0.497 e. The zero-order chi connectivity index (χ0) is 18.1. The summed E-state index contributed by atoms with van der Waals surface area (Å²) in [5.74, 6) is 3.04. The molecular formula is C20H25NO3S. The van der Waals surface area contributed by atoms with Crippen LogP contribution in [0.25, 0.3) is 0 Å². The van der Waals surface area contributed by atoms with Crippen LogP contribution in [0.15, 0.2) is 48.5 Å². The lowest BCUT2D eigenvalue weighted by Gasteiger charge is -2.15. The van der Waals surface area contributed by atoms with E-state index in [0.29, 0.717) is 18.0 Å². The van der Waals surface area contributed by atoms with Crippen molar-refractivity contribution in [3.05, 3.63) is 59.7 Å². The highest BCUT2D eigenvalue weighted by Crippen LogP contribution is 2.20. The van der Waals surface area contributed by atoms with E-state index in [2.05, 4.69) is 30.4 Å². The maximum Gasteiger partial charge on any atom is 0.260 e. The summed E-state index contributed by atoms with van der Waals surface area (Å²) in [6.07, 6.45) is -0.548. The number of nitrogens with one attached hydrogen (secondary N) is 1. The summed E-state index contributed by atoms with van der Waals surface area (Å²) in [6.45, 7) is 4.49. The molecule has 0 heterocycles. The Bertz CT molecular complexity index is 690. The first kappa shape index (κ1) is 19.2. The van der Waals surface area contributed by atoms with Gasteiger partial charge in [0, 0.05) is 24.1 Å². The van der Waals surface area contributed by atoms with E-state index in [-0.39, 0.29) is 5.91 Å². The molecule has 1 atom stereocenters. The van der Waals surface area contributed by atoms with Crippen LogP contribution in [0.2, 0.25) is 0 Å². The van der Waals surface area contributed by atoms with Crippen molar-refractivity contribution in [2.75, 3.05) is 19.4 Å². The molecule has 0 fully saturated rings. The van der Waals surface area contributed by atoms with Crippen LogP contribution in [0.3, 0.4) is 0 Å². The molecule has 0 aliphatic heterocycles. The van der Waals surface area contributed by atoms with Crippen molar-refractivity contribution in [2.24, 2.45) is 0 Å². The van der Waals surface area contributed by atoms with E-state index in [9.17, 15) is 4.79 Å². The standard InChI is InChI=1S/C20H25NO3S/c1-15-7-4-5-8-17(15)14-25-12-11-21-20(22)16(2)24-19-10-6-9-18(13-19)23-3/h4-10,13,16H,11-12,14H2,1-3H3,(H,21,22). The second kappa shape index (κ2) is 9.99. The van der Waals surface area contributed by atoms with Crippen molar-refractivity contribution in [3.8, 4) is 11.5 Å². The highest BCUT2D eigenvalue weighted by Gasteiger charge is 2.14.